The molecule has 3 nitrogen and oxygen atoms in total. The molecular formula is C26H26O3. The lowest BCUT2D eigenvalue weighted by molar-refractivity contribution is -0.139. The molecule has 29 heavy (non-hydrogen) atoms. The van der Waals surface area contributed by atoms with Gasteiger partial charge in [-0.15, -0.1) is 0 Å². The molecule has 3 heteroatoms. The number of aryl methyl sites for hydroxylation is 1. The second kappa shape index (κ2) is 9.85. The zero-order valence-electron chi connectivity index (χ0n) is 16.7. The quantitative estimate of drug-likeness (QED) is 0.313. The zero-order valence-corrected chi connectivity index (χ0v) is 16.7. The molecular weight excluding hydrogens is 360 g/mol. The molecule has 0 saturated carbocycles. The lowest BCUT2D eigenvalue weighted by atomic mass is 9.95. The summed E-state index contributed by atoms with van der Waals surface area (Å²) >= 11 is 0. The number of carbonyl (C=O) groups is 1. The van der Waals surface area contributed by atoms with Crippen molar-refractivity contribution in [3.63, 3.8) is 0 Å². The van der Waals surface area contributed by atoms with Crippen LogP contribution in [0.4, 0.5) is 0 Å². The van der Waals surface area contributed by atoms with Crippen molar-refractivity contribution in [2.45, 2.75) is 26.4 Å². The van der Waals surface area contributed by atoms with E-state index in [0.29, 0.717) is 18.6 Å². The second-order valence-electron chi connectivity index (χ2n) is 7.10. The van der Waals surface area contributed by atoms with Crippen LogP contribution in [0, 0.1) is 0 Å². The maximum atomic E-state index is 11.5. The number of hydrogen-bond donors (Lipinski definition) is 1. The fourth-order valence-electron chi connectivity index (χ4n) is 3.23. The van der Waals surface area contributed by atoms with Gasteiger partial charge in [-0.05, 0) is 53.1 Å². The Labute approximate surface area is 172 Å². The molecule has 0 spiro atoms. The van der Waals surface area contributed by atoms with E-state index in [1.165, 1.54) is 11.1 Å². The molecule has 3 aromatic rings. The largest absolute Gasteiger partial charge is 0.462 e. The number of carbonyl (C=O) groups excluding carboxylic acids is 1. The van der Waals surface area contributed by atoms with Gasteiger partial charge in [0.2, 0.25) is 0 Å². The Kier molecular flexibility index (Phi) is 6.99. The minimum atomic E-state index is -0.361. The molecule has 0 aliphatic carbocycles. The van der Waals surface area contributed by atoms with Crippen LogP contribution in [0.1, 0.15) is 24.5 Å². The molecule has 148 valence electrons. The molecule has 0 atom stereocenters. The van der Waals surface area contributed by atoms with Gasteiger partial charge in [-0.3, -0.25) is 0 Å². The maximum absolute atomic E-state index is 11.5. The topological polar surface area (TPSA) is 46.5 Å². The number of esters is 1. The van der Waals surface area contributed by atoms with Crippen LogP contribution in [0.2, 0.25) is 0 Å². The summed E-state index contributed by atoms with van der Waals surface area (Å²) in [6.45, 7) is 5.55. The fourth-order valence-corrected chi connectivity index (χ4v) is 3.23. The van der Waals surface area contributed by atoms with E-state index in [1.807, 2.05) is 30.3 Å². The molecule has 0 bridgehead atoms. The van der Waals surface area contributed by atoms with E-state index >= 15 is 0 Å². The summed E-state index contributed by atoms with van der Waals surface area (Å²) in [7, 11) is 0. The van der Waals surface area contributed by atoms with Crippen molar-refractivity contribution < 1.29 is 14.6 Å². The van der Waals surface area contributed by atoms with Gasteiger partial charge < -0.3 is 9.84 Å². The molecule has 3 rings (SSSR count). The summed E-state index contributed by atoms with van der Waals surface area (Å²) in [5.41, 5.74) is 6.99. The van der Waals surface area contributed by atoms with Crippen LogP contribution >= 0.6 is 0 Å². The van der Waals surface area contributed by atoms with Crippen LogP contribution in [0.25, 0.3) is 22.3 Å². The molecule has 3 aromatic carbocycles. The van der Waals surface area contributed by atoms with Gasteiger partial charge in [0.05, 0.1) is 13.2 Å². The first-order valence-electron chi connectivity index (χ1n) is 9.79. The Bertz CT molecular complexity index is 973. The van der Waals surface area contributed by atoms with Gasteiger partial charge in [-0.1, -0.05) is 79.4 Å². The highest BCUT2D eigenvalue weighted by molar-refractivity contribution is 5.86. The minimum Gasteiger partial charge on any atom is -0.462 e. The van der Waals surface area contributed by atoms with Crippen LogP contribution in [0.3, 0.4) is 0 Å². The highest BCUT2D eigenvalue weighted by Crippen LogP contribution is 2.27. The van der Waals surface area contributed by atoms with Crippen molar-refractivity contribution >= 4 is 5.97 Å². The maximum Gasteiger partial charge on any atom is 0.333 e. The van der Waals surface area contributed by atoms with Crippen molar-refractivity contribution in [2.24, 2.45) is 0 Å². The summed E-state index contributed by atoms with van der Waals surface area (Å²) < 4.78 is 5.17. The van der Waals surface area contributed by atoms with Gasteiger partial charge in [0.25, 0.3) is 0 Å². The van der Waals surface area contributed by atoms with E-state index in [-0.39, 0.29) is 12.6 Å². The number of ether oxygens (including phenoxy) is 1. The second-order valence-corrected chi connectivity index (χ2v) is 7.10. The smallest absolute Gasteiger partial charge is 0.333 e. The molecule has 1 N–H and O–H groups in total. The first-order chi connectivity index (χ1) is 14.1. The van der Waals surface area contributed by atoms with Crippen molar-refractivity contribution in [3.8, 4) is 22.3 Å². The Hall–Kier alpha value is -3.17. The van der Waals surface area contributed by atoms with Crippen LogP contribution in [0.5, 0.6) is 0 Å². The standard InChI is InChI=1S/C26H26O3/c1-19(2)26(28)29-16-6-9-23-17-24(14-15-25(23)18-27)22-12-10-21(11-13-22)20-7-4-3-5-8-20/h3-5,7-8,10-15,17,27H,1,6,9,16,18H2,2H3. The molecule has 0 heterocycles. The van der Waals surface area contributed by atoms with E-state index in [0.717, 1.165) is 28.7 Å². The minimum absolute atomic E-state index is 0.00584. The van der Waals surface area contributed by atoms with Gasteiger partial charge in [0.1, 0.15) is 0 Å². The number of hydrogen-bond acceptors (Lipinski definition) is 3. The lowest BCUT2D eigenvalue weighted by Crippen LogP contribution is -2.07. The lowest BCUT2D eigenvalue weighted by Gasteiger charge is -2.12. The third-order valence-corrected chi connectivity index (χ3v) is 4.87. The number of benzene rings is 3. The highest BCUT2D eigenvalue weighted by Gasteiger charge is 2.08. The zero-order chi connectivity index (χ0) is 20.6. The molecule has 0 unspecified atom stereocenters. The molecule has 0 aliphatic heterocycles. The highest BCUT2D eigenvalue weighted by atomic mass is 16.5. The summed E-state index contributed by atoms with van der Waals surface area (Å²) in [6, 6.07) is 24.9. The van der Waals surface area contributed by atoms with E-state index in [9.17, 15) is 9.90 Å². The first-order valence-corrected chi connectivity index (χ1v) is 9.79. The van der Waals surface area contributed by atoms with Crippen LogP contribution in [-0.4, -0.2) is 17.7 Å². The fraction of sp³-hybridized carbons (Fsp3) is 0.192. The van der Waals surface area contributed by atoms with E-state index in [4.69, 9.17) is 4.74 Å². The predicted molar refractivity (Wildman–Crippen MR) is 117 cm³/mol. The summed E-state index contributed by atoms with van der Waals surface area (Å²) in [5.74, 6) is -0.361. The van der Waals surface area contributed by atoms with Gasteiger partial charge in [0, 0.05) is 5.57 Å². The summed E-state index contributed by atoms with van der Waals surface area (Å²) in [4.78, 5) is 11.5. The molecule has 0 saturated heterocycles. The third-order valence-electron chi connectivity index (χ3n) is 4.87. The van der Waals surface area contributed by atoms with E-state index < -0.39 is 0 Å². The first kappa shape index (κ1) is 20.6. The average Bonchev–Trinajstić information content (AvgIpc) is 2.77. The summed E-state index contributed by atoms with van der Waals surface area (Å²) in [5, 5.41) is 9.66. The SMILES string of the molecule is C=C(C)C(=O)OCCCc1cc(-c2ccc(-c3ccccc3)cc2)ccc1CO. The predicted octanol–water partition coefficient (Wildman–Crippen LogP) is 5.56. The number of aliphatic hydroxyl groups is 1. The van der Waals surface area contributed by atoms with Crippen molar-refractivity contribution in [1.29, 1.82) is 0 Å². The molecule has 0 aliphatic rings. The number of rotatable bonds is 8. The van der Waals surface area contributed by atoms with Gasteiger partial charge in [-0.2, -0.15) is 0 Å². The Morgan fingerprint density at radius 2 is 1.45 bits per heavy atom. The average molecular weight is 386 g/mol. The Morgan fingerprint density at radius 1 is 0.862 bits per heavy atom. The van der Waals surface area contributed by atoms with Crippen LogP contribution < -0.4 is 0 Å². The van der Waals surface area contributed by atoms with E-state index in [1.54, 1.807) is 6.92 Å². The molecule has 0 fully saturated rings. The molecule has 0 radical (unpaired) electrons. The van der Waals surface area contributed by atoms with Gasteiger partial charge >= 0.3 is 5.97 Å². The van der Waals surface area contributed by atoms with Gasteiger partial charge in [0.15, 0.2) is 0 Å². The van der Waals surface area contributed by atoms with Crippen molar-refractivity contribution in [3.05, 3.63) is 96.1 Å². The Balaban J connectivity index is 1.72. The third kappa shape index (κ3) is 5.43. The van der Waals surface area contributed by atoms with Crippen molar-refractivity contribution in [2.75, 3.05) is 6.61 Å². The monoisotopic (exact) mass is 386 g/mol. The van der Waals surface area contributed by atoms with Crippen molar-refractivity contribution in [1.82, 2.24) is 0 Å². The van der Waals surface area contributed by atoms with Crippen LogP contribution in [-0.2, 0) is 22.6 Å². The molecule has 0 aromatic heterocycles. The molecule has 0 amide bonds. The van der Waals surface area contributed by atoms with E-state index in [2.05, 4.69) is 49.0 Å². The Morgan fingerprint density at radius 3 is 2.07 bits per heavy atom. The summed E-state index contributed by atoms with van der Waals surface area (Å²) in [6.07, 6.45) is 1.43. The van der Waals surface area contributed by atoms with Gasteiger partial charge in [-0.25, -0.2) is 4.79 Å². The normalized spacial score (nSPS) is 10.6. The number of aliphatic hydroxyl groups excluding tert-OH is 1. The van der Waals surface area contributed by atoms with Crippen LogP contribution in [0.15, 0.2) is 84.9 Å².